The molecule has 0 unspecified atom stereocenters. The summed E-state index contributed by atoms with van der Waals surface area (Å²) < 4.78 is 5.37. The maximum Gasteiger partial charge on any atom is 0.144 e. The number of methoxy groups -OCH3 is 1. The molecule has 2 aliphatic rings. The Hall–Kier alpha value is -1.38. The average molecular weight is 204 g/mol. The zero-order chi connectivity index (χ0) is 10.3. The molecule has 1 aliphatic heterocycles. The highest BCUT2D eigenvalue weighted by Crippen LogP contribution is 2.44. The molecule has 3 heteroatoms. The summed E-state index contributed by atoms with van der Waals surface area (Å²) in [5.41, 5.74) is 2.58. The van der Waals surface area contributed by atoms with E-state index in [1.807, 2.05) is 12.1 Å². The van der Waals surface area contributed by atoms with E-state index in [1.54, 1.807) is 7.11 Å². The van der Waals surface area contributed by atoms with Gasteiger partial charge < -0.3 is 15.4 Å². The summed E-state index contributed by atoms with van der Waals surface area (Å²) in [7, 11) is 1.72. The maximum absolute atomic E-state index is 5.37. The highest BCUT2D eigenvalue weighted by molar-refractivity contribution is 5.78. The molecule has 1 heterocycles. The summed E-state index contributed by atoms with van der Waals surface area (Å²) in [6.07, 6.45) is 3.86. The minimum absolute atomic E-state index is 0.293. The van der Waals surface area contributed by atoms with Crippen molar-refractivity contribution in [1.29, 1.82) is 0 Å². The molecule has 0 bridgehead atoms. The first kappa shape index (κ1) is 8.89. The van der Waals surface area contributed by atoms with E-state index in [0.717, 1.165) is 23.7 Å². The summed E-state index contributed by atoms with van der Waals surface area (Å²) in [4.78, 5) is 0. The van der Waals surface area contributed by atoms with Gasteiger partial charge in [0.05, 0.1) is 18.3 Å². The third-order valence-corrected chi connectivity index (χ3v) is 3.56. The van der Waals surface area contributed by atoms with E-state index in [0.29, 0.717) is 5.54 Å². The van der Waals surface area contributed by atoms with Crippen LogP contribution in [0.2, 0.25) is 0 Å². The van der Waals surface area contributed by atoms with Crippen molar-refractivity contribution in [1.82, 2.24) is 0 Å². The predicted molar refractivity (Wildman–Crippen MR) is 61.7 cm³/mol. The van der Waals surface area contributed by atoms with E-state index in [4.69, 9.17) is 4.74 Å². The number of fused-ring (bicyclic) bond motifs is 1. The molecule has 0 radical (unpaired) electrons. The Kier molecular flexibility index (Phi) is 1.81. The summed E-state index contributed by atoms with van der Waals surface area (Å²) in [6.45, 7) is 1.03. The van der Waals surface area contributed by atoms with Crippen molar-refractivity contribution in [3.05, 3.63) is 18.2 Å². The fraction of sp³-hybridized carbons (Fsp3) is 0.500. The predicted octanol–water partition coefficient (Wildman–Crippen LogP) is 2.46. The van der Waals surface area contributed by atoms with Crippen molar-refractivity contribution < 1.29 is 4.74 Å². The monoisotopic (exact) mass is 204 g/mol. The van der Waals surface area contributed by atoms with Crippen molar-refractivity contribution in [2.24, 2.45) is 0 Å². The van der Waals surface area contributed by atoms with Crippen LogP contribution in [0.3, 0.4) is 0 Å². The highest BCUT2D eigenvalue weighted by atomic mass is 16.5. The quantitative estimate of drug-likeness (QED) is 0.737. The summed E-state index contributed by atoms with van der Waals surface area (Å²) >= 11 is 0. The van der Waals surface area contributed by atoms with Gasteiger partial charge >= 0.3 is 0 Å². The van der Waals surface area contributed by atoms with Gasteiger partial charge in [0.1, 0.15) is 11.4 Å². The lowest BCUT2D eigenvalue weighted by Gasteiger charge is -2.47. The number of benzene rings is 1. The Labute approximate surface area is 89.8 Å². The zero-order valence-electron chi connectivity index (χ0n) is 8.97. The van der Waals surface area contributed by atoms with Crippen molar-refractivity contribution in [3.63, 3.8) is 0 Å². The van der Waals surface area contributed by atoms with Gasteiger partial charge in [-0.05, 0) is 31.4 Å². The van der Waals surface area contributed by atoms with Gasteiger partial charge in [-0.3, -0.25) is 0 Å². The number of nitrogens with one attached hydrogen (secondary N) is 2. The van der Waals surface area contributed by atoms with Crippen LogP contribution in [0, 0.1) is 0 Å². The molecular formula is C12H16N2O. The second kappa shape index (κ2) is 3.05. The third-order valence-electron chi connectivity index (χ3n) is 3.56. The smallest absolute Gasteiger partial charge is 0.144 e. The van der Waals surface area contributed by atoms with Crippen LogP contribution in [0.5, 0.6) is 5.75 Å². The SMILES string of the molecule is COc1cccc2c1NC1(CCC1)CN2. The molecule has 2 N–H and O–H groups in total. The van der Waals surface area contributed by atoms with Gasteiger partial charge in [0, 0.05) is 6.54 Å². The van der Waals surface area contributed by atoms with Crippen LogP contribution in [0.4, 0.5) is 11.4 Å². The number of hydrogen-bond acceptors (Lipinski definition) is 3. The van der Waals surface area contributed by atoms with Gasteiger partial charge in [0.2, 0.25) is 0 Å². The van der Waals surface area contributed by atoms with E-state index in [-0.39, 0.29) is 0 Å². The average Bonchev–Trinajstić information content (AvgIpc) is 2.25. The Morgan fingerprint density at radius 1 is 1.33 bits per heavy atom. The van der Waals surface area contributed by atoms with Gasteiger partial charge in [-0.25, -0.2) is 0 Å². The molecule has 1 fully saturated rings. The fourth-order valence-corrected chi connectivity index (χ4v) is 2.46. The standard InChI is InChI=1S/C12H16N2O/c1-15-10-5-2-4-9-11(10)14-12(8-13-9)6-3-7-12/h2,4-5,13-14H,3,6-8H2,1H3. The molecule has 1 saturated carbocycles. The van der Waals surface area contributed by atoms with E-state index >= 15 is 0 Å². The van der Waals surface area contributed by atoms with Crippen molar-refractivity contribution in [3.8, 4) is 5.75 Å². The first-order valence-electron chi connectivity index (χ1n) is 5.52. The molecular weight excluding hydrogens is 188 g/mol. The zero-order valence-corrected chi connectivity index (χ0v) is 8.97. The molecule has 1 spiro atoms. The Bertz CT molecular complexity index is 371. The number of para-hydroxylation sites is 1. The van der Waals surface area contributed by atoms with E-state index in [2.05, 4.69) is 16.7 Å². The summed E-state index contributed by atoms with van der Waals surface area (Å²) in [6, 6.07) is 6.12. The summed E-state index contributed by atoms with van der Waals surface area (Å²) in [5.74, 6) is 0.936. The van der Waals surface area contributed by atoms with Crippen molar-refractivity contribution in [2.45, 2.75) is 24.8 Å². The van der Waals surface area contributed by atoms with Crippen LogP contribution >= 0.6 is 0 Å². The lowest BCUT2D eigenvalue weighted by Crippen LogP contribution is -2.52. The second-order valence-electron chi connectivity index (χ2n) is 4.50. The van der Waals surface area contributed by atoms with Crippen LogP contribution in [-0.4, -0.2) is 19.2 Å². The fourth-order valence-electron chi connectivity index (χ4n) is 2.46. The maximum atomic E-state index is 5.37. The lowest BCUT2D eigenvalue weighted by atomic mass is 9.75. The van der Waals surface area contributed by atoms with Crippen molar-refractivity contribution in [2.75, 3.05) is 24.3 Å². The second-order valence-corrected chi connectivity index (χ2v) is 4.50. The lowest BCUT2D eigenvalue weighted by molar-refractivity contribution is 0.289. The molecule has 0 amide bonds. The van der Waals surface area contributed by atoms with Gasteiger partial charge in [-0.15, -0.1) is 0 Å². The first-order valence-corrected chi connectivity index (χ1v) is 5.52. The molecule has 3 nitrogen and oxygen atoms in total. The van der Waals surface area contributed by atoms with Crippen LogP contribution in [0.1, 0.15) is 19.3 Å². The molecule has 1 aliphatic carbocycles. The molecule has 15 heavy (non-hydrogen) atoms. The molecule has 80 valence electrons. The highest BCUT2D eigenvalue weighted by Gasteiger charge is 2.40. The largest absolute Gasteiger partial charge is 0.495 e. The molecule has 3 rings (SSSR count). The number of ether oxygens (including phenoxy) is 1. The molecule has 1 aromatic carbocycles. The minimum atomic E-state index is 0.293. The van der Waals surface area contributed by atoms with Gasteiger partial charge in [0.25, 0.3) is 0 Å². The van der Waals surface area contributed by atoms with Crippen molar-refractivity contribution >= 4 is 11.4 Å². The number of rotatable bonds is 1. The molecule has 1 aromatic rings. The summed E-state index contributed by atoms with van der Waals surface area (Å²) in [5, 5.41) is 7.13. The Morgan fingerprint density at radius 2 is 2.20 bits per heavy atom. The Morgan fingerprint density at radius 3 is 2.87 bits per heavy atom. The van der Waals surface area contributed by atoms with Crippen LogP contribution < -0.4 is 15.4 Å². The third kappa shape index (κ3) is 1.26. The van der Waals surface area contributed by atoms with Gasteiger partial charge in [0.15, 0.2) is 0 Å². The Balaban J connectivity index is 1.99. The molecule has 0 atom stereocenters. The van der Waals surface area contributed by atoms with Crippen LogP contribution in [0.25, 0.3) is 0 Å². The van der Waals surface area contributed by atoms with Crippen LogP contribution in [0.15, 0.2) is 18.2 Å². The number of anilines is 2. The topological polar surface area (TPSA) is 33.3 Å². The van der Waals surface area contributed by atoms with E-state index < -0.39 is 0 Å². The van der Waals surface area contributed by atoms with Gasteiger partial charge in [-0.1, -0.05) is 6.07 Å². The minimum Gasteiger partial charge on any atom is -0.495 e. The normalized spacial score (nSPS) is 20.9. The number of hydrogen-bond donors (Lipinski definition) is 2. The van der Waals surface area contributed by atoms with Crippen LogP contribution in [-0.2, 0) is 0 Å². The first-order chi connectivity index (χ1) is 7.33. The van der Waals surface area contributed by atoms with E-state index in [1.165, 1.54) is 19.3 Å². The molecule has 0 aromatic heterocycles. The molecule has 0 saturated heterocycles. The van der Waals surface area contributed by atoms with Gasteiger partial charge in [-0.2, -0.15) is 0 Å². The van der Waals surface area contributed by atoms with E-state index in [9.17, 15) is 0 Å².